The number of hydrogen-bond donors (Lipinski definition) is 2. The molecule has 0 fully saturated rings. The van der Waals surface area contributed by atoms with E-state index in [1.807, 2.05) is 18.2 Å². The maximum absolute atomic E-state index is 5.36. The van der Waals surface area contributed by atoms with E-state index < -0.39 is 0 Å². The average molecular weight is 618 g/mol. The Kier molecular flexibility index (Phi) is 6.61. The number of rotatable bonds is 4. The van der Waals surface area contributed by atoms with Crippen LogP contribution in [0.25, 0.3) is 91.0 Å². The fraction of sp³-hybridized carbons (Fsp3) is 0.0233. The molecule has 0 aliphatic carbocycles. The van der Waals surface area contributed by atoms with Crippen LogP contribution in [0, 0.1) is 0 Å². The SMILES string of the molecule is Cn1cccc1-c1c2nc(c(-c3ccccc3)c3ccc([nH]3)c(-c3ccccc3)c3nc(c(-c4ccccc4)c4ccc1[nH]4)C=C3)C=C2. The van der Waals surface area contributed by atoms with Crippen molar-refractivity contribution < 1.29 is 0 Å². The van der Waals surface area contributed by atoms with Gasteiger partial charge in [0.2, 0.25) is 0 Å². The molecule has 228 valence electrons. The fourth-order valence-electron chi connectivity index (χ4n) is 6.92. The Morgan fingerprint density at radius 2 is 0.750 bits per heavy atom. The van der Waals surface area contributed by atoms with Gasteiger partial charge in [0.1, 0.15) is 0 Å². The van der Waals surface area contributed by atoms with Gasteiger partial charge in [0.25, 0.3) is 0 Å². The van der Waals surface area contributed by atoms with Crippen LogP contribution in [-0.4, -0.2) is 24.5 Å². The molecule has 2 N–H and O–H groups in total. The summed E-state index contributed by atoms with van der Waals surface area (Å²) in [5.74, 6) is 0. The molecule has 8 bridgehead atoms. The van der Waals surface area contributed by atoms with Crippen molar-refractivity contribution >= 4 is 46.4 Å². The van der Waals surface area contributed by atoms with Gasteiger partial charge in [0.05, 0.1) is 34.0 Å². The first-order valence-corrected chi connectivity index (χ1v) is 16.2. The zero-order chi connectivity index (χ0) is 32.0. The Bertz CT molecular complexity index is 2510. The molecule has 6 heterocycles. The normalized spacial score (nSPS) is 12.1. The van der Waals surface area contributed by atoms with E-state index in [0.717, 1.165) is 89.5 Å². The summed E-state index contributed by atoms with van der Waals surface area (Å²) in [5, 5.41) is 0. The lowest BCUT2D eigenvalue weighted by atomic mass is 10.0. The molecule has 7 aromatic rings. The predicted molar refractivity (Wildman–Crippen MR) is 200 cm³/mol. The van der Waals surface area contributed by atoms with E-state index in [0.29, 0.717) is 0 Å². The van der Waals surface area contributed by atoms with Crippen LogP contribution in [-0.2, 0) is 7.05 Å². The maximum atomic E-state index is 5.36. The summed E-state index contributed by atoms with van der Waals surface area (Å²) in [5.41, 5.74) is 16.1. The van der Waals surface area contributed by atoms with Crippen molar-refractivity contribution in [1.82, 2.24) is 24.5 Å². The number of benzene rings is 3. The first-order valence-electron chi connectivity index (χ1n) is 16.2. The molecule has 0 amide bonds. The predicted octanol–water partition coefficient (Wildman–Crippen LogP) is 10.7. The number of hydrogen-bond acceptors (Lipinski definition) is 2. The van der Waals surface area contributed by atoms with Gasteiger partial charge in [0.15, 0.2) is 0 Å². The zero-order valence-electron chi connectivity index (χ0n) is 26.4. The van der Waals surface area contributed by atoms with Gasteiger partial charge in [-0.05, 0) is 77.4 Å². The molecule has 48 heavy (non-hydrogen) atoms. The van der Waals surface area contributed by atoms with Crippen LogP contribution in [0.2, 0.25) is 0 Å². The van der Waals surface area contributed by atoms with Crippen LogP contribution in [0.5, 0.6) is 0 Å². The Morgan fingerprint density at radius 1 is 0.396 bits per heavy atom. The summed E-state index contributed by atoms with van der Waals surface area (Å²) in [6.07, 6.45) is 10.6. The van der Waals surface area contributed by atoms with Gasteiger partial charge in [-0.15, -0.1) is 0 Å². The molecule has 9 rings (SSSR count). The van der Waals surface area contributed by atoms with Gasteiger partial charge in [0, 0.05) is 52.0 Å². The molecular weight excluding hydrogens is 587 g/mol. The Labute approximate surface area is 278 Å². The van der Waals surface area contributed by atoms with Crippen molar-refractivity contribution in [2.45, 2.75) is 0 Å². The van der Waals surface area contributed by atoms with E-state index in [1.165, 1.54) is 0 Å². The van der Waals surface area contributed by atoms with Crippen molar-refractivity contribution in [3.05, 3.63) is 156 Å². The first kappa shape index (κ1) is 27.8. The highest BCUT2D eigenvalue weighted by atomic mass is 14.9. The summed E-state index contributed by atoms with van der Waals surface area (Å²) in [6.45, 7) is 0. The van der Waals surface area contributed by atoms with Crippen molar-refractivity contribution in [2.75, 3.05) is 0 Å². The minimum Gasteiger partial charge on any atom is -0.354 e. The molecule has 5 heteroatoms. The maximum Gasteiger partial charge on any atom is 0.0752 e. The van der Waals surface area contributed by atoms with E-state index in [2.05, 4.69) is 161 Å². The summed E-state index contributed by atoms with van der Waals surface area (Å²) >= 11 is 0. The number of H-pyrrole nitrogens is 2. The molecular formula is C43H31N5. The Balaban J connectivity index is 1.49. The summed E-state index contributed by atoms with van der Waals surface area (Å²) in [6, 6.07) is 44.4. The molecule has 0 atom stereocenters. The van der Waals surface area contributed by atoms with Crippen LogP contribution < -0.4 is 0 Å². The van der Waals surface area contributed by atoms with E-state index in [-0.39, 0.29) is 0 Å². The number of aryl methyl sites for hydroxylation is 1. The molecule has 5 nitrogen and oxygen atoms in total. The number of nitrogens with zero attached hydrogens (tertiary/aromatic N) is 3. The quantitative estimate of drug-likeness (QED) is 0.206. The van der Waals surface area contributed by atoms with Crippen LogP contribution in [0.15, 0.2) is 134 Å². The second kappa shape index (κ2) is 11.4. The highest BCUT2D eigenvalue weighted by Gasteiger charge is 2.19. The molecule has 3 aromatic carbocycles. The largest absolute Gasteiger partial charge is 0.354 e. The third-order valence-corrected chi connectivity index (χ3v) is 9.14. The summed E-state index contributed by atoms with van der Waals surface area (Å²) < 4.78 is 2.15. The molecule has 0 saturated carbocycles. The molecule has 4 aromatic heterocycles. The highest BCUT2D eigenvalue weighted by molar-refractivity contribution is 5.99. The van der Waals surface area contributed by atoms with Crippen LogP contribution in [0.4, 0.5) is 0 Å². The van der Waals surface area contributed by atoms with E-state index in [4.69, 9.17) is 9.97 Å². The second-order valence-electron chi connectivity index (χ2n) is 12.1. The lowest BCUT2D eigenvalue weighted by molar-refractivity contribution is 0.936. The Morgan fingerprint density at radius 3 is 1.10 bits per heavy atom. The van der Waals surface area contributed by atoms with Gasteiger partial charge >= 0.3 is 0 Å². The van der Waals surface area contributed by atoms with E-state index >= 15 is 0 Å². The second-order valence-corrected chi connectivity index (χ2v) is 12.1. The van der Waals surface area contributed by atoms with Crippen molar-refractivity contribution in [2.24, 2.45) is 7.05 Å². The number of aromatic amines is 2. The molecule has 2 aliphatic rings. The van der Waals surface area contributed by atoms with Crippen molar-refractivity contribution in [1.29, 1.82) is 0 Å². The number of nitrogens with one attached hydrogen (secondary N) is 2. The standard InChI is InChI=1S/C43H31N5/c1-48-27-11-18-39(48)43-37-25-23-35(46-37)41(29-14-7-3-8-15-29)33-21-19-31(44-33)40(28-12-5-2-6-13-28)32-20-22-34(45-32)42(30-16-9-4-10-17-30)36-24-26-38(43)47-36/h2-27,44,47H,1H3. The van der Waals surface area contributed by atoms with E-state index in [1.54, 1.807) is 0 Å². The van der Waals surface area contributed by atoms with Gasteiger partial charge in [-0.1, -0.05) is 91.0 Å². The summed E-state index contributed by atoms with van der Waals surface area (Å²) in [7, 11) is 2.08. The molecule has 0 radical (unpaired) electrons. The fourth-order valence-corrected chi connectivity index (χ4v) is 6.92. The monoisotopic (exact) mass is 617 g/mol. The molecule has 0 saturated heterocycles. The molecule has 0 unspecified atom stereocenters. The lowest BCUT2D eigenvalue weighted by Crippen LogP contribution is -1.93. The highest BCUT2D eigenvalue weighted by Crippen LogP contribution is 2.38. The molecule has 0 spiro atoms. The smallest absolute Gasteiger partial charge is 0.0752 e. The lowest BCUT2D eigenvalue weighted by Gasteiger charge is -2.07. The molecule has 2 aliphatic heterocycles. The van der Waals surface area contributed by atoms with Crippen molar-refractivity contribution in [3.63, 3.8) is 0 Å². The van der Waals surface area contributed by atoms with Gasteiger partial charge in [-0.25, -0.2) is 9.97 Å². The number of aromatic nitrogens is 5. The summed E-state index contributed by atoms with van der Waals surface area (Å²) in [4.78, 5) is 18.3. The third kappa shape index (κ3) is 4.72. The third-order valence-electron chi connectivity index (χ3n) is 9.14. The van der Waals surface area contributed by atoms with Crippen LogP contribution in [0.1, 0.15) is 22.8 Å². The van der Waals surface area contributed by atoms with Gasteiger partial charge in [-0.2, -0.15) is 0 Å². The van der Waals surface area contributed by atoms with E-state index in [9.17, 15) is 0 Å². The van der Waals surface area contributed by atoms with Crippen LogP contribution in [0.3, 0.4) is 0 Å². The minimum atomic E-state index is 0.902. The number of fused-ring (bicyclic) bond motifs is 8. The van der Waals surface area contributed by atoms with Gasteiger partial charge < -0.3 is 14.5 Å². The average Bonchev–Trinajstić information content (AvgIpc) is 3.98. The minimum absolute atomic E-state index is 0.902. The zero-order valence-corrected chi connectivity index (χ0v) is 26.4. The van der Waals surface area contributed by atoms with Crippen LogP contribution >= 0.6 is 0 Å². The van der Waals surface area contributed by atoms with Crippen molar-refractivity contribution in [3.8, 4) is 44.6 Å². The Hall–Kier alpha value is -6.46. The van der Waals surface area contributed by atoms with Gasteiger partial charge in [-0.3, -0.25) is 0 Å². The first-order chi connectivity index (χ1) is 23.7. The topological polar surface area (TPSA) is 62.3 Å².